The standard InChI is InChI=1S/C19H34N2O5/c1-12-8-7-9-15(13(12)2)21-17(23)14(3)25-16(22)10-11-20-18(24)26-19(4,5)6/h12-15H,7-11H2,1-6H3,(H,20,24)(H,21,23)/t12-,13-,14-,15-/m1/s1. The quantitative estimate of drug-likeness (QED) is 0.701. The van der Waals surface area contributed by atoms with E-state index in [9.17, 15) is 14.4 Å². The van der Waals surface area contributed by atoms with Crippen molar-refractivity contribution in [3.63, 3.8) is 0 Å². The maximum Gasteiger partial charge on any atom is 0.407 e. The summed E-state index contributed by atoms with van der Waals surface area (Å²) in [6.45, 7) is 11.3. The van der Waals surface area contributed by atoms with Gasteiger partial charge in [-0.3, -0.25) is 9.59 Å². The van der Waals surface area contributed by atoms with Crippen LogP contribution >= 0.6 is 0 Å². The second-order valence-electron chi connectivity index (χ2n) is 8.19. The zero-order chi connectivity index (χ0) is 19.9. The number of carbonyl (C=O) groups is 3. The zero-order valence-electron chi connectivity index (χ0n) is 16.9. The Morgan fingerprint density at radius 2 is 1.81 bits per heavy atom. The molecule has 0 unspecified atom stereocenters. The van der Waals surface area contributed by atoms with Crippen LogP contribution < -0.4 is 10.6 Å². The van der Waals surface area contributed by atoms with Crippen LogP contribution in [0.3, 0.4) is 0 Å². The van der Waals surface area contributed by atoms with E-state index >= 15 is 0 Å². The predicted octanol–water partition coefficient (Wildman–Crippen LogP) is 2.77. The third-order valence-corrected chi connectivity index (χ3v) is 4.71. The molecule has 1 fully saturated rings. The molecule has 7 nitrogen and oxygen atoms in total. The molecule has 0 radical (unpaired) electrons. The molecular weight excluding hydrogens is 336 g/mol. The van der Waals surface area contributed by atoms with Crippen molar-refractivity contribution >= 4 is 18.0 Å². The van der Waals surface area contributed by atoms with Gasteiger partial charge in [0.25, 0.3) is 5.91 Å². The fourth-order valence-electron chi connectivity index (χ4n) is 2.98. The molecule has 2 N–H and O–H groups in total. The van der Waals surface area contributed by atoms with Gasteiger partial charge in [-0.25, -0.2) is 4.79 Å². The highest BCUT2D eigenvalue weighted by molar-refractivity contribution is 5.83. The minimum atomic E-state index is -0.853. The van der Waals surface area contributed by atoms with Crippen LogP contribution in [0.5, 0.6) is 0 Å². The summed E-state index contributed by atoms with van der Waals surface area (Å²) < 4.78 is 10.2. The lowest BCUT2D eigenvalue weighted by Gasteiger charge is -2.35. The number of esters is 1. The minimum Gasteiger partial charge on any atom is -0.452 e. The van der Waals surface area contributed by atoms with Crippen LogP contribution in [0.25, 0.3) is 0 Å². The molecule has 0 bridgehead atoms. The lowest BCUT2D eigenvalue weighted by Crippen LogP contribution is -2.47. The van der Waals surface area contributed by atoms with Crippen molar-refractivity contribution in [2.45, 2.75) is 85.0 Å². The van der Waals surface area contributed by atoms with E-state index in [1.54, 1.807) is 27.7 Å². The van der Waals surface area contributed by atoms with E-state index in [1.165, 1.54) is 6.42 Å². The van der Waals surface area contributed by atoms with Crippen molar-refractivity contribution in [2.75, 3.05) is 6.54 Å². The molecule has 0 aliphatic heterocycles. The van der Waals surface area contributed by atoms with Crippen molar-refractivity contribution in [1.82, 2.24) is 10.6 Å². The molecule has 7 heteroatoms. The number of nitrogens with one attached hydrogen (secondary N) is 2. The SMILES string of the molecule is C[C@@H]1[C@H](C)CCC[C@H]1NC(=O)[C@@H](C)OC(=O)CCNC(=O)OC(C)(C)C. The average molecular weight is 370 g/mol. The first kappa shape index (κ1) is 22.3. The van der Waals surface area contributed by atoms with Gasteiger partial charge in [-0.05, 0) is 46.0 Å². The summed E-state index contributed by atoms with van der Waals surface area (Å²) in [6.07, 6.45) is 1.78. The topological polar surface area (TPSA) is 93.7 Å². The Morgan fingerprint density at radius 3 is 2.42 bits per heavy atom. The summed E-state index contributed by atoms with van der Waals surface area (Å²) in [4.78, 5) is 35.6. The van der Waals surface area contributed by atoms with E-state index in [4.69, 9.17) is 9.47 Å². The van der Waals surface area contributed by atoms with Crippen molar-refractivity contribution < 1.29 is 23.9 Å². The summed E-state index contributed by atoms with van der Waals surface area (Å²) in [5, 5.41) is 5.48. The third-order valence-electron chi connectivity index (χ3n) is 4.71. The fourth-order valence-corrected chi connectivity index (χ4v) is 2.98. The molecule has 0 spiro atoms. The molecule has 4 atom stereocenters. The number of alkyl carbamates (subject to hydrolysis) is 1. The Morgan fingerprint density at radius 1 is 1.15 bits per heavy atom. The van der Waals surface area contributed by atoms with Gasteiger partial charge in [0.05, 0.1) is 6.42 Å². The maximum atomic E-state index is 12.3. The molecule has 1 rings (SSSR count). The molecule has 150 valence electrons. The Hall–Kier alpha value is -1.79. The van der Waals surface area contributed by atoms with E-state index < -0.39 is 23.8 Å². The normalized spacial score (nSPS) is 24.3. The summed E-state index contributed by atoms with van der Waals surface area (Å²) in [5.41, 5.74) is -0.592. The highest BCUT2D eigenvalue weighted by Crippen LogP contribution is 2.29. The molecular formula is C19H34N2O5. The molecule has 1 aliphatic rings. The van der Waals surface area contributed by atoms with Crippen LogP contribution in [0.2, 0.25) is 0 Å². The summed E-state index contributed by atoms with van der Waals surface area (Å²) in [6, 6.07) is 0.126. The van der Waals surface area contributed by atoms with Gasteiger partial charge in [0.2, 0.25) is 0 Å². The number of rotatable bonds is 6. The van der Waals surface area contributed by atoms with Crippen molar-refractivity contribution in [1.29, 1.82) is 0 Å². The van der Waals surface area contributed by atoms with E-state index in [-0.39, 0.29) is 24.9 Å². The Labute approximate surface area is 156 Å². The third kappa shape index (κ3) is 8.06. The lowest BCUT2D eigenvalue weighted by molar-refractivity contribution is -0.155. The van der Waals surface area contributed by atoms with Crippen LogP contribution in [-0.4, -0.2) is 42.3 Å². The number of hydrogen-bond acceptors (Lipinski definition) is 5. The van der Waals surface area contributed by atoms with Gasteiger partial charge in [-0.15, -0.1) is 0 Å². The summed E-state index contributed by atoms with van der Waals surface area (Å²) in [5.74, 6) is 0.178. The Balaban J connectivity index is 2.30. The molecule has 0 saturated heterocycles. The van der Waals surface area contributed by atoms with Gasteiger partial charge in [0, 0.05) is 12.6 Å². The van der Waals surface area contributed by atoms with Gasteiger partial charge >= 0.3 is 12.1 Å². The molecule has 0 aromatic carbocycles. The van der Waals surface area contributed by atoms with Crippen molar-refractivity contribution in [3.8, 4) is 0 Å². The molecule has 1 aliphatic carbocycles. The second-order valence-corrected chi connectivity index (χ2v) is 8.19. The number of carbonyl (C=O) groups excluding carboxylic acids is 3. The molecule has 0 heterocycles. The van der Waals surface area contributed by atoms with Gasteiger partial charge in [0.1, 0.15) is 5.60 Å². The molecule has 0 aromatic heterocycles. The molecule has 1 saturated carbocycles. The number of ether oxygens (including phenoxy) is 2. The second kappa shape index (κ2) is 9.78. The average Bonchev–Trinajstić information content (AvgIpc) is 2.49. The predicted molar refractivity (Wildman–Crippen MR) is 98.5 cm³/mol. The minimum absolute atomic E-state index is 0.0201. The Kier molecular flexibility index (Phi) is 8.37. The van der Waals surface area contributed by atoms with Crippen LogP contribution in [0, 0.1) is 11.8 Å². The van der Waals surface area contributed by atoms with E-state index in [0.717, 1.165) is 12.8 Å². The number of amides is 2. The first-order chi connectivity index (χ1) is 12.0. The van der Waals surface area contributed by atoms with Crippen LogP contribution in [0.4, 0.5) is 4.79 Å². The van der Waals surface area contributed by atoms with E-state index in [0.29, 0.717) is 11.8 Å². The largest absolute Gasteiger partial charge is 0.452 e. The summed E-state index contributed by atoms with van der Waals surface area (Å²) in [7, 11) is 0. The zero-order valence-corrected chi connectivity index (χ0v) is 16.9. The lowest BCUT2D eigenvalue weighted by atomic mass is 9.78. The smallest absolute Gasteiger partial charge is 0.407 e. The highest BCUT2D eigenvalue weighted by atomic mass is 16.6. The van der Waals surface area contributed by atoms with Crippen LogP contribution in [-0.2, 0) is 19.1 Å². The highest BCUT2D eigenvalue weighted by Gasteiger charge is 2.30. The van der Waals surface area contributed by atoms with Gasteiger partial charge in [0.15, 0.2) is 6.10 Å². The first-order valence-corrected chi connectivity index (χ1v) is 9.46. The van der Waals surface area contributed by atoms with Gasteiger partial charge in [-0.1, -0.05) is 26.7 Å². The van der Waals surface area contributed by atoms with Crippen LogP contribution in [0.1, 0.15) is 67.2 Å². The van der Waals surface area contributed by atoms with E-state index in [2.05, 4.69) is 24.5 Å². The van der Waals surface area contributed by atoms with Crippen molar-refractivity contribution in [3.05, 3.63) is 0 Å². The molecule has 2 amide bonds. The monoisotopic (exact) mass is 370 g/mol. The van der Waals surface area contributed by atoms with Gasteiger partial charge < -0.3 is 20.1 Å². The Bertz CT molecular complexity index is 501. The first-order valence-electron chi connectivity index (χ1n) is 9.46. The maximum absolute atomic E-state index is 12.3. The fraction of sp³-hybridized carbons (Fsp3) is 0.842. The van der Waals surface area contributed by atoms with Crippen molar-refractivity contribution in [2.24, 2.45) is 11.8 Å². The summed E-state index contributed by atoms with van der Waals surface area (Å²) >= 11 is 0. The number of hydrogen-bond donors (Lipinski definition) is 2. The molecule has 0 aromatic rings. The van der Waals surface area contributed by atoms with Gasteiger partial charge in [-0.2, -0.15) is 0 Å². The molecule has 26 heavy (non-hydrogen) atoms. The van der Waals surface area contributed by atoms with Crippen LogP contribution in [0.15, 0.2) is 0 Å². The van der Waals surface area contributed by atoms with E-state index in [1.807, 2.05) is 0 Å².